The molecular formula is C21H23F2NO4. The van der Waals surface area contributed by atoms with Gasteiger partial charge in [-0.1, -0.05) is 18.2 Å². The summed E-state index contributed by atoms with van der Waals surface area (Å²) < 4.78 is 44.5. The van der Waals surface area contributed by atoms with E-state index in [1.54, 1.807) is 0 Å². The van der Waals surface area contributed by atoms with Crippen LogP contribution in [0, 0.1) is 11.6 Å². The summed E-state index contributed by atoms with van der Waals surface area (Å²) in [6.45, 7) is 1.31. The van der Waals surface area contributed by atoms with Crippen molar-refractivity contribution in [3.05, 3.63) is 59.7 Å². The quantitative estimate of drug-likeness (QED) is 0.689. The number of hydrogen-bond donors (Lipinski definition) is 0. The second-order valence-electron chi connectivity index (χ2n) is 6.49. The average molecular weight is 391 g/mol. The molecule has 0 saturated carbocycles. The minimum absolute atomic E-state index is 0.00906. The molecule has 0 aromatic heterocycles. The Morgan fingerprint density at radius 3 is 2.68 bits per heavy atom. The number of benzene rings is 2. The van der Waals surface area contributed by atoms with Crippen LogP contribution in [0.1, 0.15) is 23.2 Å². The molecule has 3 rings (SSSR count). The van der Waals surface area contributed by atoms with Gasteiger partial charge in [-0.2, -0.15) is 0 Å². The Kier molecular flexibility index (Phi) is 6.81. The SMILES string of the molecule is COc1ccc(F)c(F)c1C(=O)N(CCOc1ccccc1)C[C@H]1CCCO1. The topological polar surface area (TPSA) is 48.0 Å². The van der Waals surface area contributed by atoms with Crippen molar-refractivity contribution in [2.24, 2.45) is 0 Å². The largest absolute Gasteiger partial charge is 0.496 e. The number of amides is 1. The van der Waals surface area contributed by atoms with Gasteiger partial charge in [-0.3, -0.25) is 4.79 Å². The first-order chi connectivity index (χ1) is 13.6. The third-order valence-corrected chi connectivity index (χ3v) is 4.60. The Morgan fingerprint density at radius 1 is 1.21 bits per heavy atom. The van der Waals surface area contributed by atoms with Gasteiger partial charge in [-0.05, 0) is 37.1 Å². The molecular weight excluding hydrogens is 368 g/mol. The fourth-order valence-corrected chi connectivity index (χ4v) is 3.16. The number of para-hydroxylation sites is 1. The Balaban J connectivity index is 1.77. The summed E-state index contributed by atoms with van der Waals surface area (Å²) in [6, 6.07) is 11.4. The van der Waals surface area contributed by atoms with E-state index in [4.69, 9.17) is 14.2 Å². The monoisotopic (exact) mass is 391 g/mol. The third-order valence-electron chi connectivity index (χ3n) is 4.60. The molecule has 1 aliphatic rings. The summed E-state index contributed by atoms with van der Waals surface area (Å²) in [4.78, 5) is 14.5. The van der Waals surface area contributed by atoms with Gasteiger partial charge in [0.15, 0.2) is 11.6 Å². The predicted molar refractivity (Wildman–Crippen MR) is 99.7 cm³/mol. The maximum Gasteiger partial charge on any atom is 0.260 e. The lowest BCUT2D eigenvalue weighted by atomic mass is 10.1. The Hall–Kier alpha value is -2.67. The number of carbonyl (C=O) groups excluding carboxylic acids is 1. The van der Waals surface area contributed by atoms with Crippen molar-refractivity contribution >= 4 is 5.91 Å². The summed E-state index contributed by atoms with van der Waals surface area (Å²) in [5, 5.41) is 0. The highest BCUT2D eigenvalue weighted by Gasteiger charge is 2.29. The lowest BCUT2D eigenvalue weighted by molar-refractivity contribution is 0.0487. The minimum atomic E-state index is -1.22. The standard InChI is InChI=1S/C21H23F2NO4/c1-26-18-10-9-17(22)20(23)19(18)21(25)24(14-16-8-5-12-27-16)11-13-28-15-6-3-2-4-7-15/h2-4,6-7,9-10,16H,5,8,11-14H2,1H3/t16-/m1/s1. The molecule has 0 N–H and O–H groups in total. The highest BCUT2D eigenvalue weighted by molar-refractivity contribution is 5.97. The lowest BCUT2D eigenvalue weighted by Gasteiger charge is -2.26. The molecule has 1 aliphatic heterocycles. The van der Waals surface area contributed by atoms with Crippen LogP contribution in [0.3, 0.4) is 0 Å². The zero-order valence-corrected chi connectivity index (χ0v) is 15.7. The Bertz CT molecular complexity index is 794. The first-order valence-electron chi connectivity index (χ1n) is 9.21. The fourth-order valence-electron chi connectivity index (χ4n) is 3.16. The van der Waals surface area contributed by atoms with Crippen LogP contribution < -0.4 is 9.47 Å². The number of halogens is 2. The first kappa shape index (κ1) is 20.1. The summed E-state index contributed by atoms with van der Waals surface area (Å²) in [6.07, 6.45) is 1.58. The van der Waals surface area contributed by atoms with Crippen LogP contribution in [0.15, 0.2) is 42.5 Å². The van der Waals surface area contributed by atoms with E-state index in [-0.39, 0.29) is 31.5 Å². The van der Waals surface area contributed by atoms with Crippen LogP contribution in [0.4, 0.5) is 8.78 Å². The molecule has 0 spiro atoms. The zero-order chi connectivity index (χ0) is 19.9. The highest BCUT2D eigenvalue weighted by Crippen LogP contribution is 2.26. The van der Waals surface area contributed by atoms with Crippen molar-refractivity contribution < 1.29 is 27.8 Å². The number of ether oxygens (including phenoxy) is 3. The average Bonchev–Trinajstić information content (AvgIpc) is 3.22. The smallest absolute Gasteiger partial charge is 0.260 e. The fraction of sp³-hybridized carbons (Fsp3) is 0.381. The molecule has 1 amide bonds. The summed E-state index contributed by atoms with van der Waals surface area (Å²) in [5.41, 5.74) is -0.416. The summed E-state index contributed by atoms with van der Waals surface area (Å²) in [7, 11) is 1.31. The minimum Gasteiger partial charge on any atom is -0.496 e. The second-order valence-corrected chi connectivity index (χ2v) is 6.49. The van der Waals surface area contributed by atoms with E-state index in [0.717, 1.165) is 18.9 Å². The van der Waals surface area contributed by atoms with Gasteiger partial charge < -0.3 is 19.1 Å². The van der Waals surface area contributed by atoms with E-state index >= 15 is 0 Å². The van der Waals surface area contributed by atoms with Crippen molar-refractivity contribution in [1.29, 1.82) is 0 Å². The van der Waals surface area contributed by atoms with Crippen molar-refractivity contribution in [2.45, 2.75) is 18.9 Å². The second kappa shape index (κ2) is 9.50. The highest BCUT2D eigenvalue weighted by atomic mass is 19.2. The maximum atomic E-state index is 14.4. The van der Waals surface area contributed by atoms with Gasteiger partial charge in [-0.25, -0.2) is 8.78 Å². The van der Waals surface area contributed by atoms with Crippen molar-refractivity contribution in [2.75, 3.05) is 33.4 Å². The molecule has 1 atom stereocenters. The van der Waals surface area contributed by atoms with E-state index in [0.29, 0.717) is 12.4 Å². The van der Waals surface area contributed by atoms with Crippen LogP contribution in [-0.2, 0) is 4.74 Å². The molecule has 0 aliphatic carbocycles. The van der Waals surface area contributed by atoms with Crippen molar-refractivity contribution in [3.63, 3.8) is 0 Å². The molecule has 28 heavy (non-hydrogen) atoms. The Labute approximate surface area is 162 Å². The van der Waals surface area contributed by atoms with Gasteiger partial charge in [0, 0.05) is 13.2 Å². The molecule has 7 heteroatoms. The molecule has 2 aromatic rings. The number of nitrogens with zero attached hydrogens (tertiary/aromatic N) is 1. The van der Waals surface area contributed by atoms with Crippen LogP contribution in [0.25, 0.3) is 0 Å². The molecule has 2 aromatic carbocycles. The number of carbonyl (C=O) groups is 1. The molecule has 1 heterocycles. The van der Waals surface area contributed by atoms with E-state index in [1.807, 2.05) is 30.3 Å². The maximum absolute atomic E-state index is 14.4. The first-order valence-corrected chi connectivity index (χ1v) is 9.21. The molecule has 1 saturated heterocycles. The van der Waals surface area contributed by atoms with Crippen LogP contribution >= 0.6 is 0 Å². The third kappa shape index (κ3) is 4.78. The molecule has 0 unspecified atom stereocenters. The summed E-state index contributed by atoms with van der Waals surface area (Å²) >= 11 is 0. The van der Waals surface area contributed by atoms with Crippen LogP contribution in [-0.4, -0.2) is 50.3 Å². The molecule has 1 fully saturated rings. The van der Waals surface area contributed by atoms with Gasteiger partial charge in [0.05, 0.1) is 19.8 Å². The van der Waals surface area contributed by atoms with E-state index in [2.05, 4.69) is 0 Å². The van der Waals surface area contributed by atoms with Crippen molar-refractivity contribution in [3.8, 4) is 11.5 Å². The summed E-state index contributed by atoms with van der Waals surface area (Å²) in [5.74, 6) is -2.31. The lowest BCUT2D eigenvalue weighted by Crippen LogP contribution is -2.40. The normalized spacial score (nSPS) is 16.0. The van der Waals surface area contributed by atoms with Gasteiger partial charge in [0.1, 0.15) is 23.7 Å². The number of rotatable bonds is 8. The van der Waals surface area contributed by atoms with Gasteiger partial charge in [0.25, 0.3) is 5.91 Å². The van der Waals surface area contributed by atoms with E-state index in [1.165, 1.54) is 18.1 Å². The van der Waals surface area contributed by atoms with Crippen molar-refractivity contribution in [1.82, 2.24) is 4.90 Å². The van der Waals surface area contributed by atoms with Crippen LogP contribution in [0.5, 0.6) is 11.5 Å². The molecule has 0 bridgehead atoms. The van der Waals surface area contributed by atoms with Crippen LogP contribution in [0.2, 0.25) is 0 Å². The zero-order valence-electron chi connectivity index (χ0n) is 15.7. The van der Waals surface area contributed by atoms with Gasteiger partial charge in [-0.15, -0.1) is 0 Å². The predicted octanol–water partition coefficient (Wildman–Crippen LogP) is 3.67. The number of methoxy groups -OCH3 is 1. The molecule has 150 valence electrons. The van der Waals surface area contributed by atoms with E-state index in [9.17, 15) is 13.6 Å². The Morgan fingerprint density at radius 2 is 2.00 bits per heavy atom. The van der Waals surface area contributed by atoms with Gasteiger partial charge >= 0.3 is 0 Å². The van der Waals surface area contributed by atoms with E-state index < -0.39 is 23.1 Å². The molecule has 0 radical (unpaired) electrons. The molecule has 5 nitrogen and oxygen atoms in total. The number of hydrogen-bond acceptors (Lipinski definition) is 4. The van der Waals surface area contributed by atoms with Gasteiger partial charge in [0.2, 0.25) is 0 Å².